The van der Waals surface area contributed by atoms with Gasteiger partial charge in [0, 0.05) is 18.7 Å². The van der Waals surface area contributed by atoms with Crippen molar-refractivity contribution in [3.63, 3.8) is 0 Å². The monoisotopic (exact) mass is 280 g/mol. The molecule has 0 fully saturated rings. The molecular weight excluding hydrogens is 268 g/mol. The van der Waals surface area contributed by atoms with Crippen molar-refractivity contribution in [1.29, 1.82) is 0 Å². The summed E-state index contributed by atoms with van der Waals surface area (Å²) < 4.78 is 6.37. The molecule has 2 aromatic rings. The van der Waals surface area contributed by atoms with E-state index in [1.54, 1.807) is 12.1 Å². The lowest BCUT2D eigenvalue weighted by Gasteiger charge is -2.05. The number of ether oxygens (including phenoxy) is 1. The van der Waals surface area contributed by atoms with Gasteiger partial charge in [0.2, 0.25) is 0 Å². The molecule has 0 atom stereocenters. The number of rotatable bonds is 4. The Balaban J connectivity index is 2.24. The van der Waals surface area contributed by atoms with Crippen molar-refractivity contribution in [1.82, 2.24) is 9.38 Å². The van der Waals surface area contributed by atoms with Gasteiger partial charge in [-0.05, 0) is 18.6 Å². The Morgan fingerprint density at radius 2 is 2.26 bits per heavy atom. The Morgan fingerprint density at radius 1 is 1.47 bits per heavy atom. The summed E-state index contributed by atoms with van der Waals surface area (Å²) in [5, 5.41) is 0.457. The van der Waals surface area contributed by atoms with Crippen LogP contribution < -0.4 is 5.56 Å². The zero-order chi connectivity index (χ0) is 13.8. The van der Waals surface area contributed by atoms with Crippen LogP contribution in [0.25, 0.3) is 5.65 Å². The maximum Gasteiger partial charge on any atom is 0.306 e. The normalized spacial score (nSPS) is 10.6. The smallest absolute Gasteiger partial charge is 0.306 e. The summed E-state index contributed by atoms with van der Waals surface area (Å²) in [4.78, 5) is 27.3. The second-order valence-electron chi connectivity index (χ2n) is 4.07. The van der Waals surface area contributed by atoms with E-state index in [1.807, 2.05) is 6.92 Å². The van der Waals surface area contributed by atoms with Crippen LogP contribution in [0.2, 0.25) is 5.02 Å². The number of esters is 1. The van der Waals surface area contributed by atoms with Gasteiger partial charge in [-0.1, -0.05) is 18.5 Å². The SMILES string of the molecule is CCCC(=O)OCc1cc(=O)n2cc(Cl)ccc2n1. The molecule has 0 aliphatic carbocycles. The Bertz CT molecular complexity index is 666. The van der Waals surface area contributed by atoms with Gasteiger partial charge in [-0.2, -0.15) is 0 Å². The van der Waals surface area contributed by atoms with E-state index < -0.39 is 0 Å². The van der Waals surface area contributed by atoms with Crippen molar-refractivity contribution >= 4 is 23.2 Å². The van der Waals surface area contributed by atoms with Gasteiger partial charge in [0.1, 0.15) is 12.3 Å². The van der Waals surface area contributed by atoms with Crippen molar-refractivity contribution in [3.8, 4) is 0 Å². The molecule has 19 heavy (non-hydrogen) atoms. The van der Waals surface area contributed by atoms with Gasteiger partial charge in [-0.3, -0.25) is 14.0 Å². The van der Waals surface area contributed by atoms with E-state index in [0.29, 0.717) is 22.8 Å². The maximum absolute atomic E-state index is 11.8. The first-order valence-electron chi connectivity index (χ1n) is 5.93. The lowest BCUT2D eigenvalue weighted by atomic mass is 10.3. The minimum absolute atomic E-state index is 0.00714. The van der Waals surface area contributed by atoms with Crippen LogP contribution in [0.4, 0.5) is 0 Å². The number of hydrogen-bond donors (Lipinski definition) is 0. The number of fused-ring (bicyclic) bond motifs is 1. The topological polar surface area (TPSA) is 60.7 Å². The number of halogens is 1. The van der Waals surface area contributed by atoms with Gasteiger partial charge in [-0.15, -0.1) is 0 Å². The summed E-state index contributed by atoms with van der Waals surface area (Å²) in [6.07, 6.45) is 2.59. The van der Waals surface area contributed by atoms with Crippen LogP contribution in [0.5, 0.6) is 0 Å². The van der Waals surface area contributed by atoms with Crippen molar-refractivity contribution in [3.05, 3.63) is 45.5 Å². The van der Waals surface area contributed by atoms with E-state index in [9.17, 15) is 9.59 Å². The quantitative estimate of drug-likeness (QED) is 0.806. The molecule has 2 heterocycles. The molecule has 0 aliphatic rings. The van der Waals surface area contributed by atoms with Gasteiger partial charge in [0.15, 0.2) is 0 Å². The number of carbonyl (C=O) groups excluding carboxylic acids is 1. The van der Waals surface area contributed by atoms with Gasteiger partial charge >= 0.3 is 5.97 Å². The van der Waals surface area contributed by atoms with Gasteiger partial charge in [0.25, 0.3) is 5.56 Å². The molecule has 0 aliphatic heterocycles. The third-order valence-corrected chi connectivity index (χ3v) is 2.74. The second-order valence-corrected chi connectivity index (χ2v) is 4.51. The maximum atomic E-state index is 11.8. The molecule has 6 heteroatoms. The highest BCUT2D eigenvalue weighted by atomic mass is 35.5. The minimum atomic E-state index is -0.291. The van der Waals surface area contributed by atoms with Crippen molar-refractivity contribution in [2.45, 2.75) is 26.4 Å². The highest BCUT2D eigenvalue weighted by molar-refractivity contribution is 6.30. The number of nitrogens with zero attached hydrogens (tertiary/aromatic N) is 2. The molecule has 0 spiro atoms. The molecule has 0 aromatic carbocycles. The first-order chi connectivity index (χ1) is 9.10. The molecule has 2 aromatic heterocycles. The summed E-state index contributed by atoms with van der Waals surface area (Å²) in [6.45, 7) is 1.90. The average molecular weight is 281 g/mol. The average Bonchev–Trinajstić information content (AvgIpc) is 2.38. The molecule has 2 rings (SSSR count). The van der Waals surface area contributed by atoms with Crippen LogP contribution >= 0.6 is 11.6 Å². The molecule has 0 unspecified atom stereocenters. The van der Waals surface area contributed by atoms with E-state index in [0.717, 1.165) is 6.42 Å². The largest absolute Gasteiger partial charge is 0.459 e. The number of hydrogen-bond acceptors (Lipinski definition) is 4. The van der Waals surface area contributed by atoms with E-state index in [-0.39, 0.29) is 18.1 Å². The van der Waals surface area contributed by atoms with E-state index >= 15 is 0 Å². The summed E-state index contributed by atoms with van der Waals surface area (Å²) in [7, 11) is 0. The first kappa shape index (κ1) is 13.5. The summed E-state index contributed by atoms with van der Waals surface area (Å²) >= 11 is 5.81. The zero-order valence-corrected chi connectivity index (χ0v) is 11.2. The highest BCUT2D eigenvalue weighted by Gasteiger charge is 2.06. The minimum Gasteiger partial charge on any atom is -0.459 e. The fraction of sp³-hybridized carbons (Fsp3) is 0.308. The third kappa shape index (κ3) is 3.32. The Kier molecular flexibility index (Phi) is 4.16. The Labute approximate surface area is 114 Å². The molecule has 100 valence electrons. The third-order valence-electron chi connectivity index (χ3n) is 2.51. The summed E-state index contributed by atoms with van der Waals surface area (Å²) in [5.74, 6) is -0.291. The van der Waals surface area contributed by atoms with Gasteiger partial charge < -0.3 is 4.74 Å². The fourth-order valence-corrected chi connectivity index (χ4v) is 1.79. The van der Waals surface area contributed by atoms with E-state index in [1.165, 1.54) is 16.7 Å². The van der Waals surface area contributed by atoms with Crippen LogP contribution in [0.1, 0.15) is 25.5 Å². The first-order valence-corrected chi connectivity index (χ1v) is 6.31. The highest BCUT2D eigenvalue weighted by Crippen LogP contribution is 2.08. The van der Waals surface area contributed by atoms with E-state index in [4.69, 9.17) is 16.3 Å². The second kappa shape index (κ2) is 5.84. The Morgan fingerprint density at radius 3 is 3.00 bits per heavy atom. The lowest BCUT2D eigenvalue weighted by Crippen LogP contribution is -2.16. The van der Waals surface area contributed by atoms with Gasteiger partial charge in [0.05, 0.1) is 10.7 Å². The molecule has 0 radical (unpaired) electrons. The predicted molar refractivity (Wildman–Crippen MR) is 71.2 cm³/mol. The lowest BCUT2D eigenvalue weighted by molar-refractivity contribution is -0.145. The number of carbonyl (C=O) groups is 1. The van der Waals surface area contributed by atoms with Crippen LogP contribution in [0.3, 0.4) is 0 Å². The Hall–Kier alpha value is -1.88. The molecule has 0 bridgehead atoms. The van der Waals surface area contributed by atoms with Crippen molar-refractivity contribution in [2.75, 3.05) is 0 Å². The predicted octanol–water partition coefficient (Wildman–Crippen LogP) is 2.19. The summed E-state index contributed by atoms with van der Waals surface area (Å²) in [6, 6.07) is 4.62. The number of pyridine rings is 1. The molecule has 5 nitrogen and oxygen atoms in total. The van der Waals surface area contributed by atoms with Crippen molar-refractivity contribution in [2.24, 2.45) is 0 Å². The molecule has 0 saturated heterocycles. The van der Waals surface area contributed by atoms with Crippen molar-refractivity contribution < 1.29 is 9.53 Å². The van der Waals surface area contributed by atoms with E-state index in [2.05, 4.69) is 4.98 Å². The van der Waals surface area contributed by atoms with Crippen LogP contribution in [0, 0.1) is 0 Å². The molecule has 0 N–H and O–H groups in total. The molecule has 0 amide bonds. The van der Waals surface area contributed by atoms with Crippen LogP contribution in [0.15, 0.2) is 29.2 Å². The molecular formula is C13H13ClN2O3. The van der Waals surface area contributed by atoms with Crippen LogP contribution in [-0.2, 0) is 16.1 Å². The fourth-order valence-electron chi connectivity index (χ4n) is 1.63. The van der Waals surface area contributed by atoms with Gasteiger partial charge in [-0.25, -0.2) is 4.98 Å². The number of aromatic nitrogens is 2. The molecule has 0 saturated carbocycles. The van der Waals surface area contributed by atoms with Crippen LogP contribution in [-0.4, -0.2) is 15.4 Å². The summed E-state index contributed by atoms with van der Waals surface area (Å²) in [5.41, 5.74) is 0.643. The standard InChI is InChI=1S/C13H13ClN2O3/c1-2-3-13(18)19-8-10-6-12(17)16-7-9(14)4-5-11(16)15-10/h4-7H,2-3,8H2,1H3. The zero-order valence-electron chi connectivity index (χ0n) is 10.4.